The topological polar surface area (TPSA) is 186 Å². The Morgan fingerprint density at radius 1 is 0.921 bits per heavy atom. The van der Waals surface area contributed by atoms with E-state index in [2.05, 4.69) is 26.8 Å². The van der Waals surface area contributed by atoms with Crippen LogP contribution in [0.4, 0.5) is 0 Å². The zero-order chi connectivity index (χ0) is 47.2. The predicted molar refractivity (Wildman–Crippen MR) is 241 cm³/mol. The van der Waals surface area contributed by atoms with E-state index in [4.69, 9.17) is 18.9 Å². The fourth-order valence-electron chi connectivity index (χ4n) is 9.81. The average molecular weight is 890 g/mol. The first-order valence-electron chi connectivity index (χ1n) is 23.9. The van der Waals surface area contributed by atoms with Crippen LogP contribution >= 0.6 is 0 Å². The first-order chi connectivity index (χ1) is 29.7. The maximum Gasteiger partial charge on any atom is 0.311 e. The van der Waals surface area contributed by atoms with E-state index >= 15 is 0 Å². The molecule has 0 bridgehead atoms. The number of methoxy groups -OCH3 is 2. The molecule has 0 aromatic carbocycles. The summed E-state index contributed by atoms with van der Waals surface area (Å²) in [7, 11) is 3.21. The van der Waals surface area contributed by atoms with Crippen molar-refractivity contribution in [2.75, 3.05) is 27.3 Å². The molecule has 2 aliphatic heterocycles. The van der Waals surface area contributed by atoms with Gasteiger partial charge < -0.3 is 39.2 Å². The highest BCUT2D eigenvalue weighted by atomic mass is 16.6. The molecule has 2 heterocycles. The number of Topliss-reactive ketones (excluding diaryl/α,β-unsaturated/α-hetero) is 3. The lowest BCUT2D eigenvalue weighted by Gasteiger charge is -2.42. The van der Waals surface area contributed by atoms with Crippen LogP contribution in [0.25, 0.3) is 0 Å². The Morgan fingerprint density at radius 2 is 1.62 bits per heavy atom. The highest BCUT2D eigenvalue weighted by Crippen LogP contribution is 2.37. The van der Waals surface area contributed by atoms with Crippen LogP contribution in [0, 0.1) is 47.3 Å². The molecule has 2 unspecified atom stereocenters. The summed E-state index contributed by atoms with van der Waals surface area (Å²) >= 11 is 0. The van der Waals surface area contributed by atoms with Gasteiger partial charge in [-0.1, -0.05) is 73.1 Å². The number of carbonyl (C=O) groups excluding carboxylic acids is 5. The first kappa shape index (κ1) is 54.5. The van der Waals surface area contributed by atoms with Crippen molar-refractivity contribution in [2.45, 2.75) is 188 Å². The number of amides is 1. The molecule has 1 saturated carbocycles. The minimum Gasteiger partial charge on any atom is -0.461 e. The van der Waals surface area contributed by atoms with Crippen LogP contribution in [0.3, 0.4) is 0 Å². The summed E-state index contributed by atoms with van der Waals surface area (Å²) in [5.41, 5.74) is 0.519. The fraction of sp³-hybridized carbons (Fsp3) is 0.820. The van der Waals surface area contributed by atoms with Gasteiger partial charge in [-0.2, -0.15) is 0 Å². The predicted octanol–water partition coefficient (Wildman–Crippen LogP) is 6.96. The summed E-state index contributed by atoms with van der Waals surface area (Å²) < 4.78 is 23.5. The van der Waals surface area contributed by atoms with Gasteiger partial charge in [0.2, 0.25) is 5.79 Å². The van der Waals surface area contributed by atoms with Crippen molar-refractivity contribution in [3.8, 4) is 0 Å². The van der Waals surface area contributed by atoms with E-state index < -0.39 is 65.6 Å². The standard InChI is InChI=1S/C50H83NO12/c1-12-15-30(3)22-32(5)41(53)27-42(54)33(6)23-34(7)43(55)28-45(35(8)24-37-18-20-40(52)46(25-37)61-11)62-49(58)38-16-14-21-51(29-38)48(57)47(56)50(59)36(9)17-19-39(63-50)26-44(60-10)31(4)13-2/h12,15,23,30-32,34-40,42,44-46,52,54,59H,13-14,16-22,24-29H2,1-11H3/b15-12+,33-23+/t30-,31?,32-,34-,35-,36-,37+,38?,39+,40-,42+,44+,45+,46-,50-/m1/s1. The molecule has 1 amide bonds. The summed E-state index contributed by atoms with van der Waals surface area (Å²) in [6.07, 6.45) is 8.83. The maximum absolute atomic E-state index is 14.1. The third-order valence-corrected chi connectivity index (χ3v) is 14.5. The number of aliphatic hydroxyl groups is 3. The Bertz CT molecular complexity index is 1560. The molecular formula is C50H83NO12. The van der Waals surface area contributed by atoms with Crippen molar-refractivity contribution in [3.63, 3.8) is 0 Å². The van der Waals surface area contributed by atoms with Crippen molar-refractivity contribution in [1.29, 1.82) is 0 Å². The van der Waals surface area contributed by atoms with E-state index in [1.807, 2.05) is 26.8 Å². The number of hydrogen-bond acceptors (Lipinski definition) is 12. The van der Waals surface area contributed by atoms with Gasteiger partial charge in [-0.3, -0.25) is 24.0 Å². The molecule has 0 radical (unpaired) electrons. The number of esters is 1. The molecule has 3 aliphatic rings. The second kappa shape index (κ2) is 25.8. The molecule has 0 aromatic heterocycles. The number of ether oxygens (including phenoxy) is 4. The lowest BCUT2D eigenvalue weighted by molar-refractivity contribution is -0.266. The number of carbonyl (C=O) groups is 5. The largest absolute Gasteiger partial charge is 0.461 e. The van der Waals surface area contributed by atoms with E-state index in [-0.39, 0.29) is 79.3 Å². The molecule has 1 aliphatic carbocycles. The van der Waals surface area contributed by atoms with Gasteiger partial charge in [0.15, 0.2) is 0 Å². The normalized spacial score (nSPS) is 29.8. The molecular weight excluding hydrogens is 807 g/mol. The van der Waals surface area contributed by atoms with Crippen molar-refractivity contribution in [2.24, 2.45) is 47.3 Å². The van der Waals surface area contributed by atoms with Crippen molar-refractivity contribution in [3.05, 3.63) is 23.8 Å². The lowest BCUT2D eigenvalue weighted by Crippen LogP contribution is -2.59. The Labute approximate surface area is 378 Å². The zero-order valence-corrected chi connectivity index (χ0v) is 40.4. The van der Waals surface area contributed by atoms with E-state index in [9.17, 15) is 39.3 Å². The monoisotopic (exact) mass is 890 g/mol. The van der Waals surface area contributed by atoms with Crippen LogP contribution in [-0.4, -0.2) is 119 Å². The van der Waals surface area contributed by atoms with E-state index in [1.165, 1.54) is 4.90 Å². The van der Waals surface area contributed by atoms with E-state index in [1.54, 1.807) is 41.1 Å². The minimum absolute atomic E-state index is 0.0424. The molecule has 63 heavy (non-hydrogen) atoms. The summed E-state index contributed by atoms with van der Waals surface area (Å²) in [5.74, 6) is -6.92. The molecule has 3 N–H and O–H groups in total. The van der Waals surface area contributed by atoms with Crippen LogP contribution in [0.1, 0.15) is 146 Å². The van der Waals surface area contributed by atoms with Crippen LogP contribution in [0.5, 0.6) is 0 Å². The summed E-state index contributed by atoms with van der Waals surface area (Å²) in [4.78, 5) is 69.9. The molecule has 2 saturated heterocycles. The van der Waals surface area contributed by atoms with Crippen LogP contribution < -0.4 is 0 Å². The van der Waals surface area contributed by atoms with Crippen LogP contribution in [-0.2, 0) is 42.9 Å². The summed E-state index contributed by atoms with van der Waals surface area (Å²) in [6.45, 7) is 17.2. The minimum atomic E-state index is -2.31. The van der Waals surface area contributed by atoms with Crippen molar-refractivity contribution >= 4 is 29.2 Å². The molecule has 360 valence electrons. The second-order valence-electron chi connectivity index (χ2n) is 19.6. The van der Waals surface area contributed by atoms with Gasteiger partial charge in [0.05, 0.1) is 36.4 Å². The third kappa shape index (κ3) is 15.7. The number of likely N-dealkylation sites (tertiary alicyclic amines) is 1. The quantitative estimate of drug-likeness (QED) is 0.0515. The second-order valence-corrected chi connectivity index (χ2v) is 19.6. The van der Waals surface area contributed by atoms with Crippen LogP contribution in [0.2, 0.25) is 0 Å². The maximum atomic E-state index is 14.1. The van der Waals surface area contributed by atoms with Gasteiger partial charge in [-0.15, -0.1) is 0 Å². The zero-order valence-electron chi connectivity index (χ0n) is 40.4. The Kier molecular flexibility index (Phi) is 22.3. The number of allylic oxidation sites excluding steroid dienone is 3. The molecule has 0 spiro atoms. The molecule has 0 aromatic rings. The Balaban J connectivity index is 1.74. The number of piperidine rings is 1. The summed E-state index contributed by atoms with van der Waals surface area (Å²) in [5, 5.41) is 33.1. The van der Waals surface area contributed by atoms with Gasteiger partial charge in [0.1, 0.15) is 17.7 Å². The lowest BCUT2D eigenvalue weighted by atomic mass is 9.78. The van der Waals surface area contributed by atoms with Gasteiger partial charge in [0, 0.05) is 64.3 Å². The van der Waals surface area contributed by atoms with Crippen molar-refractivity contribution in [1.82, 2.24) is 4.90 Å². The number of ketones is 3. The van der Waals surface area contributed by atoms with Gasteiger partial charge in [0.25, 0.3) is 11.7 Å². The molecule has 13 heteroatoms. The fourth-order valence-corrected chi connectivity index (χ4v) is 9.81. The first-order valence-corrected chi connectivity index (χ1v) is 23.9. The van der Waals surface area contributed by atoms with Gasteiger partial charge >= 0.3 is 5.97 Å². The number of rotatable bonds is 24. The summed E-state index contributed by atoms with van der Waals surface area (Å²) in [6, 6.07) is 0. The molecule has 3 fully saturated rings. The Hall–Kier alpha value is -2.81. The number of nitrogens with zero attached hydrogens (tertiary/aromatic N) is 1. The molecule has 3 rings (SSSR count). The van der Waals surface area contributed by atoms with E-state index in [0.29, 0.717) is 63.4 Å². The average Bonchev–Trinajstić information content (AvgIpc) is 3.25. The number of aliphatic hydroxyl groups excluding tert-OH is 2. The SMILES string of the molecule is C/C=C/[C@@H](C)C[C@@H](C)C(=O)C[C@H](O)/C(C)=C/[C@@H](C)C(=O)C[C@H](OC(=O)C1CCCN(C(=O)C(=O)[C@]2(O)O[C@H](C[C@H](OC)C(C)CC)CC[C@H]2C)C1)[C@H](C)C[C@@H]1CC[C@@H](O)[C@H](OC)C1. The smallest absolute Gasteiger partial charge is 0.311 e. The van der Waals surface area contributed by atoms with E-state index in [0.717, 1.165) is 12.8 Å². The van der Waals surface area contributed by atoms with Gasteiger partial charge in [-0.25, -0.2) is 0 Å². The highest BCUT2D eigenvalue weighted by Gasteiger charge is 2.52. The van der Waals surface area contributed by atoms with Crippen molar-refractivity contribution < 1.29 is 58.2 Å². The third-order valence-electron chi connectivity index (χ3n) is 14.5. The van der Waals surface area contributed by atoms with Crippen LogP contribution in [0.15, 0.2) is 23.8 Å². The Morgan fingerprint density at radius 3 is 2.25 bits per heavy atom. The van der Waals surface area contributed by atoms with Gasteiger partial charge in [-0.05, 0) is 101 Å². The molecule has 13 nitrogen and oxygen atoms in total. The highest BCUT2D eigenvalue weighted by molar-refractivity contribution is 6.38. The number of hydrogen-bond donors (Lipinski definition) is 3. The molecule has 15 atom stereocenters.